The molecule has 0 aliphatic rings. The molecular formula is C17H11F6NOS. The normalized spacial score (nSPS) is 14.0. The molecule has 2 heterocycles. The van der Waals surface area contributed by atoms with Crippen molar-refractivity contribution in [1.29, 1.82) is 0 Å². The Labute approximate surface area is 147 Å². The van der Waals surface area contributed by atoms with Crippen LogP contribution in [0.3, 0.4) is 0 Å². The van der Waals surface area contributed by atoms with E-state index in [1.165, 1.54) is 12.1 Å². The van der Waals surface area contributed by atoms with E-state index in [9.17, 15) is 31.4 Å². The summed E-state index contributed by atoms with van der Waals surface area (Å²) < 4.78 is 79.9. The van der Waals surface area contributed by atoms with Crippen molar-refractivity contribution >= 4 is 22.2 Å². The second kappa shape index (κ2) is 6.24. The number of thiophene rings is 1. The van der Waals surface area contributed by atoms with Crippen LogP contribution >= 0.6 is 11.3 Å². The zero-order valence-corrected chi connectivity index (χ0v) is 13.9. The van der Waals surface area contributed by atoms with E-state index in [1.54, 1.807) is 11.4 Å². The molecule has 0 aliphatic heterocycles. The second-order valence-electron chi connectivity index (χ2n) is 5.61. The average molecular weight is 391 g/mol. The lowest BCUT2D eigenvalue weighted by Crippen LogP contribution is -2.16. The molecule has 0 saturated heterocycles. The van der Waals surface area contributed by atoms with Crippen LogP contribution in [0, 0.1) is 6.92 Å². The molecule has 1 N–H and O–H groups in total. The van der Waals surface area contributed by atoms with Crippen LogP contribution in [0.25, 0.3) is 10.9 Å². The Morgan fingerprint density at radius 3 is 2.23 bits per heavy atom. The first kappa shape index (κ1) is 18.7. The Morgan fingerprint density at radius 1 is 1.00 bits per heavy atom. The van der Waals surface area contributed by atoms with E-state index in [0.717, 1.165) is 24.3 Å². The van der Waals surface area contributed by atoms with Crippen molar-refractivity contribution in [3.63, 3.8) is 0 Å². The highest BCUT2D eigenvalue weighted by Gasteiger charge is 2.40. The first-order chi connectivity index (χ1) is 12.0. The van der Waals surface area contributed by atoms with Crippen LogP contribution in [0.5, 0.6) is 0 Å². The number of hydrogen-bond donors (Lipinski definition) is 1. The van der Waals surface area contributed by atoms with E-state index in [0.29, 0.717) is 10.9 Å². The Bertz CT molecular complexity index is 947. The highest BCUT2D eigenvalue weighted by Crippen LogP contribution is 2.42. The molecule has 0 spiro atoms. The minimum Gasteiger partial charge on any atom is -0.383 e. The fourth-order valence-corrected chi connectivity index (χ4v) is 3.57. The molecule has 26 heavy (non-hydrogen) atoms. The summed E-state index contributed by atoms with van der Waals surface area (Å²) in [5, 5.41) is 12.0. The fourth-order valence-electron chi connectivity index (χ4n) is 2.85. The van der Waals surface area contributed by atoms with E-state index in [-0.39, 0.29) is 10.9 Å². The number of hydrogen-bond acceptors (Lipinski definition) is 3. The highest BCUT2D eigenvalue weighted by atomic mass is 32.1. The standard InChI is InChI=1S/C17H11F6NOS/c1-8-12(14(25)11-6-3-7-26-11)9-4-2-5-10(16(18,19)20)13(9)24-15(8)17(21,22)23/h2-7,14,25H,1H3. The van der Waals surface area contributed by atoms with Gasteiger partial charge in [0.15, 0.2) is 0 Å². The van der Waals surface area contributed by atoms with Crippen molar-refractivity contribution in [2.75, 3.05) is 0 Å². The maximum absolute atomic E-state index is 13.4. The third-order valence-electron chi connectivity index (χ3n) is 3.97. The Morgan fingerprint density at radius 2 is 1.69 bits per heavy atom. The topological polar surface area (TPSA) is 33.1 Å². The number of nitrogens with zero attached hydrogens (tertiary/aromatic N) is 1. The van der Waals surface area contributed by atoms with E-state index in [1.807, 2.05) is 0 Å². The van der Waals surface area contributed by atoms with Gasteiger partial charge in [0.2, 0.25) is 0 Å². The molecule has 3 rings (SSSR count). The molecule has 1 aromatic carbocycles. The maximum atomic E-state index is 13.4. The number of fused-ring (bicyclic) bond motifs is 1. The summed E-state index contributed by atoms with van der Waals surface area (Å²) in [5.74, 6) is 0. The maximum Gasteiger partial charge on any atom is 0.433 e. The van der Waals surface area contributed by atoms with Gasteiger partial charge in [-0.3, -0.25) is 0 Å². The molecule has 1 atom stereocenters. The molecule has 9 heteroatoms. The Balaban J connectivity index is 2.44. The number of para-hydroxylation sites is 1. The van der Waals surface area contributed by atoms with E-state index in [4.69, 9.17) is 0 Å². The molecule has 0 saturated carbocycles. The minimum absolute atomic E-state index is 0.161. The van der Waals surface area contributed by atoms with Gasteiger partial charge in [0.05, 0.1) is 11.1 Å². The Kier molecular flexibility index (Phi) is 4.48. The van der Waals surface area contributed by atoms with Crippen molar-refractivity contribution in [1.82, 2.24) is 4.98 Å². The molecule has 0 aliphatic carbocycles. The second-order valence-corrected chi connectivity index (χ2v) is 6.59. The van der Waals surface area contributed by atoms with Crippen molar-refractivity contribution in [3.8, 4) is 0 Å². The summed E-state index contributed by atoms with van der Waals surface area (Å²) in [5.41, 5.74) is -4.17. The third kappa shape index (κ3) is 3.16. The summed E-state index contributed by atoms with van der Waals surface area (Å²) in [6.07, 6.45) is -11.3. The first-order valence-electron chi connectivity index (χ1n) is 7.31. The van der Waals surface area contributed by atoms with Crippen LogP contribution in [-0.2, 0) is 12.4 Å². The number of rotatable bonds is 2. The van der Waals surface area contributed by atoms with Crippen LogP contribution in [0.1, 0.15) is 33.4 Å². The van der Waals surface area contributed by atoms with Gasteiger partial charge in [0.25, 0.3) is 0 Å². The van der Waals surface area contributed by atoms with Gasteiger partial charge in [0.1, 0.15) is 11.8 Å². The van der Waals surface area contributed by atoms with Crippen LogP contribution in [0.15, 0.2) is 35.7 Å². The molecule has 0 fully saturated rings. The summed E-state index contributed by atoms with van der Waals surface area (Å²) in [6.45, 7) is 1.10. The third-order valence-corrected chi connectivity index (χ3v) is 4.89. The zero-order chi connectivity index (χ0) is 19.3. The molecule has 0 radical (unpaired) electrons. The van der Waals surface area contributed by atoms with Gasteiger partial charge in [-0.15, -0.1) is 11.3 Å². The van der Waals surface area contributed by atoms with E-state index < -0.39 is 40.8 Å². The van der Waals surface area contributed by atoms with Crippen molar-refractivity contribution in [2.45, 2.75) is 25.4 Å². The number of aromatic nitrogens is 1. The molecule has 3 aromatic rings. The van der Waals surface area contributed by atoms with Gasteiger partial charge < -0.3 is 5.11 Å². The molecule has 0 bridgehead atoms. The monoisotopic (exact) mass is 391 g/mol. The number of pyridine rings is 1. The molecule has 1 unspecified atom stereocenters. The first-order valence-corrected chi connectivity index (χ1v) is 8.19. The largest absolute Gasteiger partial charge is 0.433 e. The summed E-state index contributed by atoms with van der Waals surface area (Å²) in [6, 6.07) is 6.09. The smallest absolute Gasteiger partial charge is 0.383 e. The molecular weight excluding hydrogens is 380 g/mol. The SMILES string of the molecule is Cc1c(C(F)(F)F)nc2c(C(F)(F)F)cccc2c1C(O)c1cccs1. The number of alkyl halides is 6. The van der Waals surface area contributed by atoms with Crippen molar-refractivity contribution in [3.05, 3.63) is 63.0 Å². The predicted octanol–water partition coefficient (Wildman–Crippen LogP) is 5.72. The van der Waals surface area contributed by atoms with Gasteiger partial charge >= 0.3 is 12.4 Å². The number of halogens is 6. The number of aliphatic hydroxyl groups excluding tert-OH is 1. The zero-order valence-electron chi connectivity index (χ0n) is 13.1. The summed E-state index contributed by atoms with van der Waals surface area (Å²) in [7, 11) is 0. The van der Waals surface area contributed by atoms with Gasteiger partial charge in [-0.05, 0) is 30.0 Å². The van der Waals surface area contributed by atoms with Crippen molar-refractivity contribution in [2.24, 2.45) is 0 Å². The molecule has 2 aromatic heterocycles. The van der Waals surface area contributed by atoms with Gasteiger partial charge in [-0.1, -0.05) is 18.2 Å². The van der Waals surface area contributed by atoms with Crippen LogP contribution < -0.4 is 0 Å². The quantitative estimate of drug-likeness (QED) is 0.567. The Hall–Kier alpha value is -2.13. The van der Waals surface area contributed by atoms with Gasteiger partial charge in [0, 0.05) is 15.8 Å². The minimum atomic E-state index is -4.96. The van der Waals surface area contributed by atoms with Crippen molar-refractivity contribution < 1.29 is 31.4 Å². The van der Waals surface area contributed by atoms with E-state index >= 15 is 0 Å². The predicted molar refractivity (Wildman–Crippen MR) is 84.9 cm³/mol. The lowest BCUT2D eigenvalue weighted by molar-refractivity contribution is -0.142. The average Bonchev–Trinajstić information content (AvgIpc) is 3.05. The highest BCUT2D eigenvalue weighted by molar-refractivity contribution is 7.10. The number of benzene rings is 1. The molecule has 0 amide bonds. The van der Waals surface area contributed by atoms with Crippen LogP contribution in [0.4, 0.5) is 26.3 Å². The van der Waals surface area contributed by atoms with Crippen LogP contribution in [-0.4, -0.2) is 10.1 Å². The molecule has 2 nitrogen and oxygen atoms in total. The fraction of sp³-hybridized carbons (Fsp3) is 0.235. The molecule has 138 valence electrons. The van der Waals surface area contributed by atoms with E-state index in [2.05, 4.69) is 4.98 Å². The van der Waals surface area contributed by atoms with Gasteiger partial charge in [-0.25, -0.2) is 4.98 Å². The summed E-state index contributed by atoms with van der Waals surface area (Å²) >= 11 is 1.09. The number of aliphatic hydroxyl groups is 1. The summed E-state index contributed by atoms with van der Waals surface area (Å²) in [4.78, 5) is 3.61. The van der Waals surface area contributed by atoms with Crippen LogP contribution in [0.2, 0.25) is 0 Å². The lowest BCUT2D eigenvalue weighted by Gasteiger charge is -2.21. The lowest BCUT2D eigenvalue weighted by atomic mass is 9.94. The van der Waals surface area contributed by atoms with Gasteiger partial charge in [-0.2, -0.15) is 26.3 Å².